The predicted octanol–water partition coefficient (Wildman–Crippen LogP) is 1.70. The van der Waals surface area contributed by atoms with E-state index in [4.69, 9.17) is 4.74 Å². The molecule has 2 atom stereocenters. The van der Waals surface area contributed by atoms with Crippen LogP contribution in [0.15, 0.2) is 60.7 Å². The Bertz CT molecular complexity index is 628. The third-order valence-corrected chi connectivity index (χ3v) is 3.31. The van der Waals surface area contributed by atoms with E-state index in [1.54, 1.807) is 61.5 Å². The fourth-order valence-electron chi connectivity index (χ4n) is 2.09. The van der Waals surface area contributed by atoms with Gasteiger partial charge < -0.3 is 20.0 Å². The lowest BCUT2D eigenvalue weighted by molar-refractivity contribution is -0.308. The zero-order valence-corrected chi connectivity index (χ0v) is 12.1. The van der Waals surface area contributed by atoms with Gasteiger partial charge in [-0.15, -0.1) is 0 Å². The van der Waals surface area contributed by atoms with Gasteiger partial charge in [0.05, 0.1) is 12.0 Å². The summed E-state index contributed by atoms with van der Waals surface area (Å²) >= 11 is 0. The Labute approximate surface area is 128 Å². The highest BCUT2D eigenvalue weighted by atomic mass is 16.6. The van der Waals surface area contributed by atoms with E-state index >= 15 is 0 Å². The van der Waals surface area contributed by atoms with Crippen LogP contribution in [0, 0.1) is 0 Å². The minimum atomic E-state index is -1.36. The van der Waals surface area contributed by atoms with Crippen molar-refractivity contribution in [1.82, 2.24) is 5.32 Å². The van der Waals surface area contributed by atoms with Gasteiger partial charge in [-0.25, -0.2) is 4.79 Å². The van der Waals surface area contributed by atoms with Gasteiger partial charge >= 0.3 is 6.09 Å². The van der Waals surface area contributed by atoms with Crippen molar-refractivity contribution in [3.8, 4) is 5.75 Å². The molecule has 0 aliphatic carbocycles. The molecule has 0 spiro atoms. The summed E-state index contributed by atoms with van der Waals surface area (Å²) in [7, 11) is 0. The monoisotopic (exact) mass is 298 g/mol. The highest BCUT2D eigenvalue weighted by Crippen LogP contribution is 2.19. The lowest BCUT2D eigenvalue weighted by atomic mass is 9.93. The number of hydrogen-bond donors (Lipinski definition) is 1. The number of hydrogen-bond acceptors (Lipinski definition) is 4. The van der Waals surface area contributed by atoms with Crippen molar-refractivity contribution in [3.05, 3.63) is 66.2 Å². The van der Waals surface area contributed by atoms with Crippen LogP contribution in [0.2, 0.25) is 0 Å². The van der Waals surface area contributed by atoms with Gasteiger partial charge in [0, 0.05) is 5.92 Å². The minimum absolute atomic E-state index is 0.337. The number of para-hydroxylation sites is 1. The van der Waals surface area contributed by atoms with Crippen LogP contribution in [0.5, 0.6) is 5.75 Å². The molecule has 22 heavy (non-hydrogen) atoms. The van der Waals surface area contributed by atoms with E-state index in [1.165, 1.54) is 0 Å². The fourth-order valence-corrected chi connectivity index (χ4v) is 2.09. The van der Waals surface area contributed by atoms with Crippen molar-refractivity contribution >= 4 is 12.1 Å². The first kappa shape index (κ1) is 15.6. The van der Waals surface area contributed by atoms with Gasteiger partial charge in [0.2, 0.25) is 0 Å². The Morgan fingerprint density at radius 1 is 1.00 bits per heavy atom. The van der Waals surface area contributed by atoms with Crippen LogP contribution in [0.25, 0.3) is 0 Å². The molecule has 5 nitrogen and oxygen atoms in total. The number of nitrogens with one attached hydrogen (secondary N) is 1. The number of amides is 1. The van der Waals surface area contributed by atoms with Crippen LogP contribution in [-0.4, -0.2) is 18.1 Å². The van der Waals surface area contributed by atoms with Crippen LogP contribution in [0.1, 0.15) is 18.4 Å². The molecule has 0 aliphatic rings. The van der Waals surface area contributed by atoms with Crippen LogP contribution < -0.4 is 15.2 Å². The quantitative estimate of drug-likeness (QED) is 0.911. The highest BCUT2D eigenvalue weighted by molar-refractivity contribution is 5.80. The Hall–Kier alpha value is -2.82. The van der Waals surface area contributed by atoms with E-state index in [0.717, 1.165) is 5.56 Å². The second-order valence-electron chi connectivity index (χ2n) is 4.84. The maximum Gasteiger partial charge on any atom is 0.413 e. The molecule has 5 heteroatoms. The number of rotatable bonds is 5. The molecule has 2 unspecified atom stereocenters. The number of benzene rings is 2. The Balaban J connectivity index is 2.06. The molecule has 2 rings (SSSR count). The molecule has 1 amide bonds. The van der Waals surface area contributed by atoms with E-state index in [2.05, 4.69) is 5.32 Å². The molecule has 114 valence electrons. The number of carboxylic acids is 1. The van der Waals surface area contributed by atoms with Gasteiger partial charge in [-0.2, -0.15) is 0 Å². The third-order valence-electron chi connectivity index (χ3n) is 3.31. The topological polar surface area (TPSA) is 78.5 Å². The van der Waals surface area contributed by atoms with Crippen molar-refractivity contribution in [2.45, 2.75) is 18.9 Å². The van der Waals surface area contributed by atoms with Crippen molar-refractivity contribution in [2.24, 2.45) is 0 Å². The number of carbonyl (C=O) groups excluding carboxylic acids is 2. The summed E-state index contributed by atoms with van der Waals surface area (Å²) in [6, 6.07) is 16.3. The number of aliphatic carboxylic acids is 1. The first-order valence-electron chi connectivity index (χ1n) is 6.87. The number of ether oxygens (including phenoxy) is 1. The smallest absolute Gasteiger partial charge is 0.413 e. The average Bonchev–Trinajstić information content (AvgIpc) is 2.53. The average molecular weight is 298 g/mol. The summed E-state index contributed by atoms with van der Waals surface area (Å²) < 4.78 is 5.04. The summed E-state index contributed by atoms with van der Waals surface area (Å²) in [5.41, 5.74) is 0.789. The maximum absolute atomic E-state index is 11.8. The lowest BCUT2D eigenvalue weighted by Crippen LogP contribution is -2.51. The molecular weight excluding hydrogens is 282 g/mol. The maximum atomic E-state index is 11.8. The minimum Gasteiger partial charge on any atom is -0.548 e. The summed E-state index contributed by atoms with van der Waals surface area (Å²) in [4.78, 5) is 23.2. The Morgan fingerprint density at radius 3 is 2.09 bits per heavy atom. The molecule has 0 radical (unpaired) electrons. The Morgan fingerprint density at radius 2 is 1.55 bits per heavy atom. The van der Waals surface area contributed by atoms with Gasteiger partial charge in [0.15, 0.2) is 0 Å². The zero-order valence-electron chi connectivity index (χ0n) is 12.1. The summed E-state index contributed by atoms with van der Waals surface area (Å²) in [5, 5.41) is 13.7. The molecule has 0 saturated heterocycles. The van der Waals surface area contributed by atoms with E-state index in [9.17, 15) is 14.7 Å². The molecule has 0 aliphatic heterocycles. The standard InChI is InChI=1S/C17H17NO4/c1-12(13-8-4-2-5-9-13)15(16(19)20)18-17(21)22-14-10-6-3-7-11-14/h2-12,15H,1H3,(H,18,21)(H,19,20)/p-1. The van der Waals surface area contributed by atoms with E-state index < -0.39 is 24.0 Å². The molecular formula is C17H16NO4-. The third kappa shape index (κ3) is 4.09. The first-order chi connectivity index (χ1) is 10.6. The first-order valence-corrected chi connectivity index (χ1v) is 6.87. The molecule has 0 saturated carbocycles. The zero-order chi connectivity index (χ0) is 15.9. The molecule has 2 aromatic carbocycles. The second kappa shape index (κ2) is 7.26. The van der Waals surface area contributed by atoms with Crippen molar-refractivity contribution in [3.63, 3.8) is 0 Å². The molecule has 0 aromatic heterocycles. The van der Waals surface area contributed by atoms with Gasteiger partial charge in [0.25, 0.3) is 0 Å². The molecule has 0 bridgehead atoms. The molecule has 1 N–H and O–H groups in total. The summed E-state index contributed by atoms with van der Waals surface area (Å²) in [6.07, 6.45) is -0.830. The predicted molar refractivity (Wildman–Crippen MR) is 79.3 cm³/mol. The summed E-state index contributed by atoms with van der Waals surface area (Å²) in [6.45, 7) is 1.71. The van der Waals surface area contributed by atoms with E-state index in [1.807, 2.05) is 6.07 Å². The van der Waals surface area contributed by atoms with Crippen LogP contribution in [0.3, 0.4) is 0 Å². The van der Waals surface area contributed by atoms with Crippen molar-refractivity contribution in [2.75, 3.05) is 0 Å². The van der Waals surface area contributed by atoms with Crippen molar-refractivity contribution < 1.29 is 19.4 Å². The van der Waals surface area contributed by atoms with Crippen LogP contribution in [-0.2, 0) is 4.79 Å². The van der Waals surface area contributed by atoms with Gasteiger partial charge in [-0.05, 0) is 17.7 Å². The van der Waals surface area contributed by atoms with Crippen LogP contribution in [0.4, 0.5) is 4.79 Å². The Kier molecular flexibility index (Phi) is 5.14. The van der Waals surface area contributed by atoms with Gasteiger partial charge in [0.1, 0.15) is 5.75 Å². The van der Waals surface area contributed by atoms with Crippen molar-refractivity contribution in [1.29, 1.82) is 0 Å². The number of carbonyl (C=O) groups is 2. The molecule has 0 heterocycles. The largest absolute Gasteiger partial charge is 0.548 e. The van der Waals surface area contributed by atoms with Gasteiger partial charge in [-0.3, -0.25) is 0 Å². The molecule has 0 fully saturated rings. The summed E-state index contributed by atoms with van der Waals surface area (Å²) in [5.74, 6) is -1.47. The molecule has 2 aromatic rings. The van der Waals surface area contributed by atoms with Crippen LogP contribution >= 0.6 is 0 Å². The lowest BCUT2D eigenvalue weighted by Gasteiger charge is -2.26. The van der Waals surface area contributed by atoms with E-state index in [0.29, 0.717) is 5.75 Å². The number of carboxylic acid groups (broad SMARTS) is 1. The second-order valence-corrected chi connectivity index (χ2v) is 4.84. The normalized spacial score (nSPS) is 13.0. The fraction of sp³-hybridized carbons (Fsp3) is 0.176. The SMILES string of the molecule is CC(c1ccccc1)C(NC(=O)Oc1ccccc1)C(=O)[O-]. The van der Waals surface area contributed by atoms with E-state index in [-0.39, 0.29) is 0 Å². The van der Waals surface area contributed by atoms with Gasteiger partial charge in [-0.1, -0.05) is 55.5 Å². The highest BCUT2D eigenvalue weighted by Gasteiger charge is 2.23.